The van der Waals surface area contributed by atoms with E-state index in [0.717, 1.165) is 6.26 Å². The summed E-state index contributed by atoms with van der Waals surface area (Å²) in [5.41, 5.74) is 0. The molecule has 0 aliphatic carbocycles. The van der Waals surface area contributed by atoms with Gasteiger partial charge in [-0.3, -0.25) is 0 Å². The Morgan fingerprint density at radius 2 is 2.27 bits per heavy atom. The molecule has 4 heteroatoms. The summed E-state index contributed by atoms with van der Waals surface area (Å²) in [5.74, 6) is 0.287. The summed E-state index contributed by atoms with van der Waals surface area (Å²) in [6.07, 6.45) is 1.00. The molecule has 3 nitrogen and oxygen atoms in total. The fraction of sp³-hybridized carbons (Fsp3) is 0.143. The van der Waals surface area contributed by atoms with Gasteiger partial charge in [-0.25, -0.2) is 0 Å². The van der Waals surface area contributed by atoms with Gasteiger partial charge in [0.25, 0.3) is 0 Å². The van der Waals surface area contributed by atoms with E-state index in [2.05, 4.69) is 10.2 Å². The summed E-state index contributed by atoms with van der Waals surface area (Å²) in [4.78, 5) is 0. The van der Waals surface area contributed by atoms with Crippen molar-refractivity contribution >= 4 is 10.1 Å². The Morgan fingerprint density at radius 1 is 1.55 bits per heavy atom. The largest absolute Gasteiger partial charge is 0.383 e. The maximum absolute atomic E-state index is 10.6. The second-order valence-electron chi connectivity index (χ2n) is 2.03. The third-order valence-corrected chi connectivity index (χ3v) is 1.42. The molecule has 11 heavy (non-hydrogen) atoms. The van der Waals surface area contributed by atoms with Crippen molar-refractivity contribution < 1.29 is 12.6 Å². The molecule has 0 unspecified atom stereocenters. The average Bonchev–Trinajstić information content (AvgIpc) is 1.85. The van der Waals surface area contributed by atoms with Gasteiger partial charge in [0.1, 0.15) is 5.75 Å². The van der Waals surface area contributed by atoms with E-state index in [1.54, 1.807) is 18.2 Å². The Bertz CT molecular complexity index is 315. The highest BCUT2D eigenvalue weighted by Gasteiger charge is 2.01. The summed E-state index contributed by atoms with van der Waals surface area (Å²) < 4.78 is 25.7. The normalized spacial score (nSPS) is 11.0. The van der Waals surface area contributed by atoms with Crippen molar-refractivity contribution in [3.8, 4) is 5.75 Å². The van der Waals surface area contributed by atoms with Crippen molar-refractivity contribution in [2.24, 2.45) is 0 Å². The van der Waals surface area contributed by atoms with Gasteiger partial charge in [0.05, 0.1) is 6.26 Å². The van der Waals surface area contributed by atoms with Crippen LogP contribution >= 0.6 is 0 Å². The number of benzene rings is 1. The quantitative estimate of drug-likeness (QED) is 0.619. The third kappa shape index (κ3) is 3.04. The lowest BCUT2D eigenvalue weighted by atomic mass is 10.3. The van der Waals surface area contributed by atoms with Crippen LogP contribution in [0.5, 0.6) is 5.75 Å². The van der Waals surface area contributed by atoms with Crippen LogP contribution in [0.15, 0.2) is 24.3 Å². The monoisotopic (exact) mass is 171 g/mol. The minimum Gasteiger partial charge on any atom is -0.383 e. The fourth-order valence-electron chi connectivity index (χ4n) is 0.603. The molecular formula is C7H7O3S. The molecule has 59 valence electrons. The maximum Gasteiger partial charge on any atom is 0.306 e. The molecule has 0 aliphatic rings. The van der Waals surface area contributed by atoms with Crippen molar-refractivity contribution in [1.29, 1.82) is 0 Å². The minimum absolute atomic E-state index is 0.287. The van der Waals surface area contributed by atoms with Gasteiger partial charge in [0, 0.05) is 0 Å². The van der Waals surface area contributed by atoms with Crippen molar-refractivity contribution in [2.75, 3.05) is 6.26 Å². The van der Waals surface area contributed by atoms with Gasteiger partial charge in [0.2, 0.25) is 0 Å². The van der Waals surface area contributed by atoms with Gasteiger partial charge in [-0.05, 0) is 18.2 Å². The lowest BCUT2D eigenvalue weighted by Gasteiger charge is -1.99. The van der Waals surface area contributed by atoms with E-state index in [4.69, 9.17) is 0 Å². The van der Waals surface area contributed by atoms with Crippen LogP contribution in [0.1, 0.15) is 0 Å². The maximum atomic E-state index is 10.6. The number of rotatable bonds is 2. The molecule has 0 saturated heterocycles. The standard InChI is InChI=1S/C7H7O3S/c1-11(8,9)10-7-5-3-2-4-6-7/h2-3,5-6H,1H3. The molecule has 1 rings (SSSR count). The summed E-state index contributed by atoms with van der Waals surface area (Å²) >= 11 is 0. The molecule has 0 bridgehead atoms. The van der Waals surface area contributed by atoms with Crippen LogP contribution < -0.4 is 4.18 Å². The smallest absolute Gasteiger partial charge is 0.306 e. The molecule has 0 heterocycles. The zero-order chi connectivity index (χ0) is 8.32. The predicted octanol–water partition coefficient (Wildman–Crippen LogP) is 0.825. The van der Waals surface area contributed by atoms with Gasteiger partial charge in [0.15, 0.2) is 0 Å². The van der Waals surface area contributed by atoms with Crippen LogP contribution in [0.3, 0.4) is 0 Å². The van der Waals surface area contributed by atoms with Crippen molar-refractivity contribution in [3.05, 3.63) is 30.3 Å². The van der Waals surface area contributed by atoms with E-state index in [1.807, 2.05) is 0 Å². The van der Waals surface area contributed by atoms with E-state index < -0.39 is 10.1 Å². The van der Waals surface area contributed by atoms with Gasteiger partial charge in [-0.1, -0.05) is 12.1 Å². The fourth-order valence-corrected chi connectivity index (χ4v) is 1.06. The Kier molecular flexibility index (Phi) is 2.14. The molecule has 0 N–H and O–H groups in total. The molecule has 0 fully saturated rings. The SMILES string of the molecule is CS(=O)(=O)Oc1c[c]ccc1. The van der Waals surface area contributed by atoms with Gasteiger partial charge < -0.3 is 4.18 Å². The highest BCUT2D eigenvalue weighted by atomic mass is 32.2. The summed E-state index contributed by atoms with van der Waals surface area (Å²) in [5, 5.41) is 0. The lowest BCUT2D eigenvalue weighted by molar-refractivity contribution is 0.493. The second-order valence-corrected chi connectivity index (χ2v) is 3.60. The lowest BCUT2D eigenvalue weighted by Crippen LogP contribution is -2.05. The third-order valence-electron chi connectivity index (χ3n) is 0.926. The highest BCUT2D eigenvalue weighted by molar-refractivity contribution is 7.86. The Hall–Kier alpha value is -1.03. The van der Waals surface area contributed by atoms with Crippen LogP contribution in [0.2, 0.25) is 0 Å². The van der Waals surface area contributed by atoms with Crippen LogP contribution in [0.25, 0.3) is 0 Å². The van der Waals surface area contributed by atoms with Crippen molar-refractivity contribution in [2.45, 2.75) is 0 Å². The van der Waals surface area contributed by atoms with E-state index >= 15 is 0 Å². The van der Waals surface area contributed by atoms with Crippen LogP contribution in [0.4, 0.5) is 0 Å². The van der Waals surface area contributed by atoms with Gasteiger partial charge in [-0.2, -0.15) is 8.42 Å². The van der Waals surface area contributed by atoms with E-state index in [0.29, 0.717) is 0 Å². The molecule has 1 aromatic rings. The first-order chi connectivity index (χ1) is 5.08. The van der Waals surface area contributed by atoms with Gasteiger partial charge in [-0.15, -0.1) is 0 Å². The number of hydrogen-bond acceptors (Lipinski definition) is 3. The molecule has 1 aromatic carbocycles. The molecule has 1 radical (unpaired) electrons. The van der Waals surface area contributed by atoms with Gasteiger partial charge >= 0.3 is 10.1 Å². The first kappa shape index (κ1) is 8.07. The summed E-state index contributed by atoms with van der Waals surface area (Å²) in [6, 6.07) is 9.02. The Morgan fingerprint density at radius 3 is 2.73 bits per heavy atom. The van der Waals surface area contributed by atoms with Crippen LogP contribution in [-0.2, 0) is 10.1 Å². The zero-order valence-electron chi connectivity index (χ0n) is 5.94. The molecule has 0 atom stereocenters. The Labute approximate surface area is 65.7 Å². The molecule has 0 aromatic heterocycles. The van der Waals surface area contributed by atoms with E-state index in [1.165, 1.54) is 6.07 Å². The van der Waals surface area contributed by atoms with E-state index in [9.17, 15) is 8.42 Å². The summed E-state index contributed by atoms with van der Waals surface area (Å²) in [7, 11) is -3.40. The van der Waals surface area contributed by atoms with Crippen LogP contribution in [0, 0.1) is 6.07 Å². The van der Waals surface area contributed by atoms with Crippen LogP contribution in [-0.4, -0.2) is 14.7 Å². The molecule has 0 amide bonds. The first-order valence-corrected chi connectivity index (χ1v) is 4.75. The van der Waals surface area contributed by atoms with E-state index in [-0.39, 0.29) is 5.75 Å². The topological polar surface area (TPSA) is 43.4 Å². The van der Waals surface area contributed by atoms with Crippen molar-refractivity contribution in [1.82, 2.24) is 0 Å². The Balaban J connectivity index is 2.82. The molecule has 0 aliphatic heterocycles. The summed E-state index contributed by atoms with van der Waals surface area (Å²) in [6.45, 7) is 0. The molecule has 0 spiro atoms. The molecule has 0 saturated carbocycles. The highest BCUT2D eigenvalue weighted by Crippen LogP contribution is 2.09. The molecular weight excluding hydrogens is 164 g/mol. The number of hydrogen-bond donors (Lipinski definition) is 0. The van der Waals surface area contributed by atoms with Crippen molar-refractivity contribution in [3.63, 3.8) is 0 Å². The first-order valence-electron chi connectivity index (χ1n) is 2.93. The average molecular weight is 171 g/mol. The second kappa shape index (κ2) is 2.92. The zero-order valence-corrected chi connectivity index (χ0v) is 6.76. The minimum atomic E-state index is -3.40. The predicted molar refractivity (Wildman–Crippen MR) is 40.7 cm³/mol.